The van der Waals surface area contributed by atoms with Crippen molar-refractivity contribution in [3.8, 4) is 11.8 Å². The molecular formula is C14H17O2. The Morgan fingerprint density at radius 1 is 1.56 bits per heavy atom. The first-order valence-corrected chi connectivity index (χ1v) is 5.43. The maximum atomic E-state index is 10.8. The fourth-order valence-corrected chi connectivity index (χ4v) is 1.47. The third kappa shape index (κ3) is 4.35. The van der Waals surface area contributed by atoms with Gasteiger partial charge in [-0.3, -0.25) is 0 Å². The van der Waals surface area contributed by atoms with E-state index in [0.29, 0.717) is 5.92 Å². The van der Waals surface area contributed by atoms with Crippen molar-refractivity contribution in [2.45, 2.75) is 20.3 Å². The highest BCUT2D eigenvalue weighted by atomic mass is 16.5. The molecule has 16 heavy (non-hydrogen) atoms. The predicted molar refractivity (Wildman–Crippen MR) is 64.3 cm³/mol. The van der Waals surface area contributed by atoms with E-state index in [4.69, 9.17) is 0 Å². The Labute approximate surface area is 97.4 Å². The first-order chi connectivity index (χ1) is 7.61. The van der Waals surface area contributed by atoms with Crippen molar-refractivity contribution in [2.75, 3.05) is 7.11 Å². The molecule has 0 saturated heterocycles. The molecule has 1 unspecified atom stereocenters. The topological polar surface area (TPSA) is 26.3 Å². The second-order valence-electron chi connectivity index (χ2n) is 4.18. The van der Waals surface area contributed by atoms with Crippen molar-refractivity contribution in [1.29, 1.82) is 0 Å². The molecule has 1 atom stereocenters. The van der Waals surface area contributed by atoms with E-state index in [0.717, 1.165) is 6.42 Å². The lowest BCUT2D eigenvalue weighted by Gasteiger charge is -2.12. The molecule has 85 valence electrons. The molecule has 0 spiro atoms. The molecule has 0 aromatic carbocycles. The van der Waals surface area contributed by atoms with Crippen molar-refractivity contribution in [1.82, 2.24) is 0 Å². The summed E-state index contributed by atoms with van der Waals surface area (Å²) in [7, 11) is 1.33. The fourth-order valence-electron chi connectivity index (χ4n) is 1.47. The van der Waals surface area contributed by atoms with Gasteiger partial charge in [0.2, 0.25) is 0 Å². The lowest BCUT2D eigenvalue weighted by Crippen LogP contribution is -2.02. The summed E-state index contributed by atoms with van der Waals surface area (Å²) >= 11 is 0. The SMILES string of the molecule is COC(=O)C#CC1[CH]C=C(CC(C)C)C=C1. The molecule has 0 fully saturated rings. The zero-order valence-corrected chi connectivity index (χ0v) is 9.99. The highest BCUT2D eigenvalue weighted by Crippen LogP contribution is 2.20. The second-order valence-corrected chi connectivity index (χ2v) is 4.18. The molecule has 1 aliphatic rings. The normalized spacial score (nSPS) is 18.8. The van der Waals surface area contributed by atoms with E-state index in [1.807, 2.05) is 12.5 Å². The van der Waals surface area contributed by atoms with Gasteiger partial charge in [0.05, 0.1) is 7.11 Å². The number of rotatable bonds is 2. The maximum Gasteiger partial charge on any atom is 0.384 e. The number of carbonyl (C=O) groups excluding carboxylic acids is 1. The minimum atomic E-state index is -0.487. The largest absolute Gasteiger partial charge is 0.459 e. The van der Waals surface area contributed by atoms with Gasteiger partial charge in [-0.2, -0.15) is 0 Å². The van der Waals surface area contributed by atoms with Crippen LogP contribution in [0.15, 0.2) is 23.8 Å². The Balaban J connectivity index is 2.48. The molecule has 0 bridgehead atoms. The Kier molecular flexibility index (Phi) is 4.85. The minimum Gasteiger partial charge on any atom is -0.459 e. The lowest BCUT2D eigenvalue weighted by atomic mass is 9.93. The van der Waals surface area contributed by atoms with E-state index in [9.17, 15) is 4.79 Å². The summed E-state index contributed by atoms with van der Waals surface area (Å²) in [6, 6.07) is 0. The van der Waals surface area contributed by atoms with Crippen molar-refractivity contribution >= 4 is 5.97 Å². The summed E-state index contributed by atoms with van der Waals surface area (Å²) in [4.78, 5) is 10.8. The van der Waals surface area contributed by atoms with Gasteiger partial charge in [0.25, 0.3) is 0 Å². The average Bonchev–Trinajstić information content (AvgIpc) is 2.27. The molecule has 1 radical (unpaired) electrons. The molecule has 0 N–H and O–H groups in total. The van der Waals surface area contributed by atoms with E-state index in [2.05, 4.69) is 42.6 Å². The number of hydrogen-bond donors (Lipinski definition) is 0. The highest BCUT2D eigenvalue weighted by molar-refractivity contribution is 5.88. The summed E-state index contributed by atoms with van der Waals surface area (Å²) in [5.74, 6) is 5.46. The van der Waals surface area contributed by atoms with Crippen molar-refractivity contribution in [3.05, 3.63) is 30.2 Å². The molecule has 1 rings (SSSR count). The first kappa shape index (κ1) is 12.6. The number of allylic oxidation sites excluding steroid dienone is 4. The Bertz CT molecular complexity index is 364. The number of esters is 1. The van der Waals surface area contributed by atoms with Crippen LogP contribution in [0, 0.1) is 30.1 Å². The van der Waals surface area contributed by atoms with Gasteiger partial charge in [-0.15, -0.1) is 0 Å². The number of hydrogen-bond acceptors (Lipinski definition) is 2. The van der Waals surface area contributed by atoms with Gasteiger partial charge >= 0.3 is 5.97 Å². The monoisotopic (exact) mass is 217 g/mol. The van der Waals surface area contributed by atoms with Crippen LogP contribution in [0.4, 0.5) is 0 Å². The van der Waals surface area contributed by atoms with Crippen LogP contribution in [0.5, 0.6) is 0 Å². The Morgan fingerprint density at radius 3 is 2.81 bits per heavy atom. The van der Waals surface area contributed by atoms with Crippen LogP contribution in [0.1, 0.15) is 20.3 Å². The zero-order valence-electron chi connectivity index (χ0n) is 9.99. The Morgan fingerprint density at radius 2 is 2.31 bits per heavy atom. The molecule has 0 aliphatic heterocycles. The van der Waals surface area contributed by atoms with Gasteiger partial charge in [-0.05, 0) is 12.3 Å². The van der Waals surface area contributed by atoms with Crippen LogP contribution >= 0.6 is 0 Å². The number of methoxy groups -OCH3 is 1. The third-order valence-electron chi connectivity index (χ3n) is 2.21. The summed E-state index contributed by atoms with van der Waals surface area (Å²) in [6.45, 7) is 4.38. The first-order valence-electron chi connectivity index (χ1n) is 5.43. The van der Waals surface area contributed by atoms with Crippen molar-refractivity contribution < 1.29 is 9.53 Å². The molecule has 2 nitrogen and oxygen atoms in total. The van der Waals surface area contributed by atoms with E-state index >= 15 is 0 Å². The molecule has 2 heteroatoms. The predicted octanol–water partition coefficient (Wildman–Crippen LogP) is 2.53. The van der Waals surface area contributed by atoms with Crippen LogP contribution in [0.3, 0.4) is 0 Å². The molecular weight excluding hydrogens is 200 g/mol. The van der Waals surface area contributed by atoms with Crippen LogP contribution in [0.25, 0.3) is 0 Å². The van der Waals surface area contributed by atoms with Gasteiger partial charge in [0, 0.05) is 18.3 Å². The summed E-state index contributed by atoms with van der Waals surface area (Å²) in [5, 5.41) is 0. The molecule has 1 aliphatic carbocycles. The molecule has 0 heterocycles. The van der Waals surface area contributed by atoms with E-state index in [1.54, 1.807) is 0 Å². The van der Waals surface area contributed by atoms with E-state index in [1.165, 1.54) is 12.7 Å². The summed E-state index contributed by atoms with van der Waals surface area (Å²) < 4.78 is 4.45. The van der Waals surface area contributed by atoms with Gasteiger partial charge in [-0.1, -0.05) is 43.6 Å². The lowest BCUT2D eigenvalue weighted by molar-refractivity contribution is -0.133. The van der Waals surface area contributed by atoms with Crippen molar-refractivity contribution in [2.24, 2.45) is 11.8 Å². The Hall–Kier alpha value is -1.49. The van der Waals surface area contributed by atoms with Gasteiger partial charge in [0.15, 0.2) is 0 Å². The number of ether oxygens (including phenoxy) is 1. The second kappa shape index (κ2) is 6.17. The average molecular weight is 217 g/mol. The van der Waals surface area contributed by atoms with Gasteiger partial charge in [0.1, 0.15) is 0 Å². The summed E-state index contributed by atoms with van der Waals surface area (Å²) in [6.07, 6.45) is 9.25. The smallest absolute Gasteiger partial charge is 0.384 e. The van der Waals surface area contributed by atoms with E-state index in [-0.39, 0.29) is 5.92 Å². The van der Waals surface area contributed by atoms with Gasteiger partial charge in [-0.25, -0.2) is 4.79 Å². The maximum absolute atomic E-state index is 10.8. The van der Waals surface area contributed by atoms with Crippen LogP contribution in [-0.2, 0) is 9.53 Å². The molecule has 0 aromatic heterocycles. The molecule has 0 amide bonds. The number of carbonyl (C=O) groups is 1. The fraction of sp³-hybridized carbons (Fsp3) is 0.429. The van der Waals surface area contributed by atoms with Crippen LogP contribution < -0.4 is 0 Å². The van der Waals surface area contributed by atoms with Crippen LogP contribution in [-0.4, -0.2) is 13.1 Å². The quantitative estimate of drug-likeness (QED) is 0.403. The standard InChI is InChI=1S/C14H17O2/c1-11(2)10-13-6-4-12(5-7-13)8-9-14(15)16-3/h4-7,11-12H,10H2,1-3H3. The van der Waals surface area contributed by atoms with Crippen LogP contribution in [0.2, 0.25) is 0 Å². The van der Waals surface area contributed by atoms with Crippen molar-refractivity contribution in [3.63, 3.8) is 0 Å². The zero-order chi connectivity index (χ0) is 12.0. The summed E-state index contributed by atoms with van der Waals surface area (Å²) in [5.41, 5.74) is 1.31. The van der Waals surface area contributed by atoms with E-state index < -0.39 is 5.97 Å². The molecule has 0 saturated carbocycles. The minimum absolute atomic E-state index is 0.0232. The van der Waals surface area contributed by atoms with Gasteiger partial charge < -0.3 is 4.74 Å². The third-order valence-corrected chi connectivity index (χ3v) is 2.21. The molecule has 0 aromatic rings. The highest BCUT2D eigenvalue weighted by Gasteiger charge is 2.07.